The summed E-state index contributed by atoms with van der Waals surface area (Å²) in [5, 5.41) is 4.13. The van der Waals surface area contributed by atoms with Crippen molar-refractivity contribution in [1.29, 1.82) is 0 Å². The first-order valence-electron chi connectivity index (χ1n) is 8.84. The molecule has 5 heteroatoms. The van der Waals surface area contributed by atoms with Crippen molar-refractivity contribution >= 4 is 29.0 Å². The topological polar surface area (TPSA) is 45.2 Å². The quantitative estimate of drug-likeness (QED) is 0.661. The monoisotopic (exact) mass is 377 g/mol. The van der Waals surface area contributed by atoms with Gasteiger partial charge in [0.25, 0.3) is 5.91 Å². The molecule has 1 aliphatic heterocycles. The van der Waals surface area contributed by atoms with E-state index in [4.69, 9.17) is 11.6 Å². The lowest BCUT2D eigenvalue weighted by atomic mass is 10.0. The van der Waals surface area contributed by atoms with Gasteiger partial charge in [-0.25, -0.2) is 4.98 Å². The average molecular weight is 378 g/mol. The number of rotatable bonds is 3. The van der Waals surface area contributed by atoms with Gasteiger partial charge in [-0.15, -0.1) is 0 Å². The van der Waals surface area contributed by atoms with Gasteiger partial charge >= 0.3 is 0 Å². The normalized spacial score (nSPS) is 15.8. The van der Waals surface area contributed by atoms with Gasteiger partial charge in [-0.3, -0.25) is 9.69 Å². The van der Waals surface area contributed by atoms with Crippen LogP contribution in [-0.4, -0.2) is 10.9 Å². The Labute approximate surface area is 163 Å². The zero-order valence-electron chi connectivity index (χ0n) is 15.5. The molecule has 0 radical (unpaired) electrons. The van der Waals surface area contributed by atoms with Crippen LogP contribution in [0.3, 0.4) is 0 Å². The average Bonchev–Trinajstić information content (AvgIpc) is 2.91. The number of carbonyl (C=O) groups excluding carboxylic acids is 1. The number of nitrogens with zero attached hydrogens (tertiary/aromatic N) is 2. The minimum atomic E-state index is -0.331. The number of hydrogen-bond donors (Lipinski definition) is 1. The van der Waals surface area contributed by atoms with Crippen molar-refractivity contribution in [2.45, 2.75) is 26.9 Å². The lowest BCUT2D eigenvalue weighted by Gasteiger charge is -2.28. The maximum absolute atomic E-state index is 13.1. The minimum Gasteiger partial charge on any atom is -0.361 e. The molecule has 4 rings (SSSR count). The van der Waals surface area contributed by atoms with Crippen LogP contribution in [0.4, 0.5) is 11.5 Å². The van der Waals surface area contributed by atoms with E-state index in [9.17, 15) is 4.79 Å². The fraction of sp³-hybridized carbons (Fsp3) is 0.182. The van der Waals surface area contributed by atoms with Crippen LogP contribution >= 0.6 is 11.6 Å². The molecule has 0 bridgehead atoms. The number of hydrogen-bond acceptors (Lipinski definition) is 3. The smallest absolute Gasteiger partial charge is 0.261 e. The third-order valence-electron chi connectivity index (χ3n) is 4.88. The third kappa shape index (κ3) is 3.06. The van der Waals surface area contributed by atoms with Gasteiger partial charge in [0.15, 0.2) is 0 Å². The molecule has 0 fully saturated rings. The van der Waals surface area contributed by atoms with Gasteiger partial charge in [0, 0.05) is 23.0 Å². The predicted molar refractivity (Wildman–Crippen MR) is 110 cm³/mol. The molecule has 1 amide bonds. The number of carbonyl (C=O) groups is 1. The fourth-order valence-electron chi connectivity index (χ4n) is 3.75. The second kappa shape index (κ2) is 6.71. The summed E-state index contributed by atoms with van der Waals surface area (Å²) < 4.78 is 0. The van der Waals surface area contributed by atoms with Gasteiger partial charge in [-0.2, -0.15) is 0 Å². The number of aromatic nitrogens is 1. The first-order chi connectivity index (χ1) is 13.0. The maximum Gasteiger partial charge on any atom is 0.261 e. The maximum atomic E-state index is 13.1. The number of nitrogens with one attached hydrogen (secondary N) is 1. The van der Waals surface area contributed by atoms with E-state index in [1.165, 1.54) is 5.56 Å². The molecule has 0 saturated heterocycles. The minimum absolute atomic E-state index is 0.0691. The molecule has 2 aromatic carbocycles. The molecule has 1 unspecified atom stereocenters. The number of pyridine rings is 1. The molecule has 0 spiro atoms. The first-order valence-corrected chi connectivity index (χ1v) is 9.22. The van der Waals surface area contributed by atoms with Crippen molar-refractivity contribution in [3.8, 4) is 0 Å². The molecule has 1 aliphatic rings. The van der Waals surface area contributed by atoms with Gasteiger partial charge < -0.3 is 5.32 Å². The SMILES string of the molecule is Cc1cc(C)c(NC2c3ccccc3C(=O)N2c2ccc(Cl)cn2)c(C)c1. The van der Waals surface area contributed by atoms with Crippen molar-refractivity contribution in [2.24, 2.45) is 0 Å². The summed E-state index contributed by atoms with van der Waals surface area (Å²) in [5.74, 6) is 0.501. The van der Waals surface area contributed by atoms with Gasteiger partial charge in [0.05, 0.1) is 5.02 Å². The Hall–Kier alpha value is -2.85. The van der Waals surface area contributed by atoms with Crippen LogP contribution in [0.5, 0.6) is 0 Å². The van der Waals surface area contributed by atoms with Crippen LogP contribution in [0, 0.1) is 20.8 Å². The second-order valence-corrected chi connectivity index (χ2v) is 7.35. The van der Waals surface area contributed by atoms with E-state index >= 15 is 0 Å². The second-order valence-electron chi connectivity index (χ2n) is 6.92. The molecule has 1 atom stereocenters. The highest BCUT2D eigenvalue weighted by Gasteiger charge is 2.38. The Morgan fingerprint density at radius 1 is 1.04 bits per heavy atom. The summed E-state index contributed by atoms with van der Waals surface area (Å²) >= 11 is 5.98. The van der Waals surface area contributed by atoms with Crippen molar-refractivity contribution in [2.75, 3.05) is 10.2 Å². The third-order valence-corrected chi connectivity index (χ3v) is 5.10. The Morgan fingerprint density at radius 3 is 2.41 bits per heavy atom. The molecule has 27 heavy (non-hydrogen) atoms. The number of anilines is 2. The molecule has 136 valence electrons. The Balaban J connectivity index is 1.82. The van der Waals surface area contributed by atoms with E-state index in [1.807, 2.05) is 24.3 Å². The van der Waals surface area contributed by atoms with Crippen molar-refractivity contribution < 1.29 is 4.79 Å². The fourth-order valence-corrected chi connectivity index (χ4v) is 3.86. The van der Waals surface area contributed by atoms with Crippen LogP contribution in [0.15, 0.2) is 54.7 Å². The Morgan fingerprint density at radius 2 is 1.74 bits per heavy atom. The van der Waals surface area contributed by atoms with E-state index in [2.05, 4.69) is 43.2 Å². The summed E-state index contributed by atoms with van der Waals surface area (Å²) in [4.78, 5) is 19.2. The summed E-state index contributed by atoms with van der Waals surface area (Å²) in [6.07, 6.45) is 1.23. The molecule has 1 N–H and O–H groups in total. The lowest BCUT2D eigenvalue weighted by Crippen LogP contribution is -2.33. The van der Waals surface area contributed by atoms with Crippen molar-refractivity contribution in [3.63, 3.8) is 0 Å². The zero-order valence-corrected chi connectivity index (χ0v) is 16.2. The molecule has 3 aromatic rings. The van der Waals surface area contributed by atoms with Crippen molar-refractivity contribution in [3.05, 3.63) is 87.6 Å². The lowest BCUT2D eigenvalue weighted by molar-refractivity contribution is 0.0992. The van der Waals surface area contributed by atoms with E-state index in [0.717, 1.165) is 22.4 Å². The molecular weight excluding hydrogens is 358 g/mol. The van der Waals surface area contributed by atoms with Crippen LogP contribution in [0.25, 0.3) is 0 Å². The highest BCUT2D eigenvalue weighted by Crippen LogP contribution is 2.38. The summed E-state index contributed by atoms with van der Waals surface area (Å²) in [5.41, 5.74) is 6.18. The summed E-state index contributed by atoms with van der Waals surface area (Å²) in [6.45, 7) is 6.24. The van der Waals surface area contributed by atoms with Gasteiger partial charge in [0.1, 0.15) is 12.0 Å². The molecule has 2 heterocycles. The highest BCUT2D eigenvalue weighted by molar-refractivity contribution is 6.30. The zero-order chi connectivity index (χ0) is 19.1. The number of amides is 1. The number of aryl methyl sites for hydroxylation is 3. The van der Waals surface area contributed by atoms with E-state index in [0.29, 0.717) is 16.4 Å². The van der Waals surface area contributed by atoms with E-state index < -0.39 is 0 Å². The van der Waals surface area contributed by atoms with E-state index in [-0.39, 0.29) is 12.1 Å². The van der Waals surface area contributed by atoms with Gasteiger partial charge in [0.2, 0.25) is 0 Å². The Bertz CT molecular complexity index is 1010. The first kappa shape index (κ1) is 17.6. The molecule has 0 saturated carbocycles. The molecular formula is C22H20ClN3O. The Kier molecular flexibility index (Phi) is 4.36. The predicted octanol–water partition coefficient (Wildman–Crippen LogP) is 5.43. The number of fused-ring (bicyclic) bond motifs is 1. The summed E-state index contributed by atoms with van der Waals surface area (Å²) in [6, 6.07) is 15.5. The number of halogens is 1. The largest absolute Gasteiger partial charge is 0.361 e. The van der Waals surface area contributed by atoms with Crippen molar-refractivity contribution in [1.82, 2.24) is 4.98 Å². The van der Waals surface area contributed by atoms with E-state index in [1.54, 1.807) is 23.2 Å². The molecule has 1 aromatic heterocycles. The molecule has 0 aliphatic carbocycles. The number of benzene rings is 2. The van der Waals surface area contributed by atoms with Crippen LogP contribution in [0.2, 0.25) is 5.02 Å². The highest BCUT2D eigenvalue weighted by atomic mass is 35.5. The van der Waals surface area contributed by atoms with Gasteiger partial charge in [-0.05, 0) is 50.1 Å². The van der Waals surface area contributed by atoms with Crippen LogP contribution in [-0.2, 0) is 0 Å². The van der Waals surface area contributed by atoms with Crippen LogP contribution in [0.1, 0.15) is 38.8 Å². The standard InChI is InChI=1S/C22H20ClN3O/c1-13-10-14(2)20(15(3)11-13)25-21-17-6-4-5-7-18(17)22(27)26(21)19-9-8-16(23)12-24-19/h4-12,21,25H,1-3H3. The van der Waals surface area contributed by atoms with Gasteiger partial charge in [-0.1, -0.05) is 47.5 Å². The van der Waals surface area contributed by atoms with Crippen LogP contribution < -0.4 is 10.2 Å². The summed E-state index contributed by atoms with van der Waals surface area (Å²) in [7, 11) is 0. The molecule has 4 nitrogen and oxygen atoms in total.